The van der Waals surface area contributed by atoms with E-state index in [4.69, 9.17) is 5.73 Å². The standard InChI is InChI=1S/C19H24N2O4S/c1-2-10-7-8-13-14(9-10)26-18(15(13)16(20)22)21-17(23)11-5-3-4-6-12(11)19(24)25/h3-4,10-12H,2,5-9H2,1H3,(H2,20,22)(H,21,23)(H,24,25)/t10-,11+,12-/m1/s1. The minimum Gasteiger partial charge on any atom is -0.481 e. The minimum atomic E-state index is -0.971. The highest BCUT2D eigenvalue weighted by atomic mass is 32.1. The predicted octanol–water partition coefficient (Wildman–Crippen LogP) is 2.97. The lowest BCUT2D eigenvalue weighted by Crippen LogP contribution is -2.35. The van der Waals surface area contributed by atoms with Gasteiger partial charge in [-0.2, -0.15) is 0 Å². The van der Waals surface area contributed by atoms with Crippen LogP contribution >= 0.6 is 11.3 Å². The first-order valence-corrected chi connectivity index (χ1v) is 9.87. The number of amides is 2. The predicted molar refractivity (Wildman–Crippen MR) is 100 cm³/mol. The molecule has 0 saturated carbocycles. The summed E-state index contributed by atoms with van der Waals surface area (Å²) in [6, 6.07) is 0. The molecule has 0 fully saturated rings. The molecule has 0 saturated heterocycles. The number of nitrogens with one attached hydrogen (secondary N) is 1. The van der Waals surface area contributed by atoms with Crippen molar-refractivity contribution in [2.75, 3.05) is 5.32 Å². The summed E-state index contributed by atoms with van der Waals surface area (Å²) in [6.45, 7) is 2.16. The number of carbonyl (C=O) groups is 3. The van der Waals surface area contributed by atoms with Crippen LogP contribution in [0.25, 0.3) is 0 Å². The lowest BCUT2D eigenvalue weighted by molar-refractivity contribution is -0.146. The lowest BCUT2D eigenvalue weighted by atomic mass is 9.82. The number of carboxylic acids is 1. The van der Waals surface area contributed by atoms with E-state index in [1.807, 2.05) is 6.08 Å². The molecule has 4 N–H and O–H groups in total. The van der Waals surface area contributed by atoms with Crippen LogP contribution in [-0.2, 0) is 22.4 Å². The van der Waals surface area contributed by atoms with Gasteiger partial charge in [-0.05, 0) is 43.6 Å². The molecule has 6 nitrogen and oxygen atoms in total. The number of hydrogen-bond acceptors (Lipinski definition) is 4. The first kappa shape index (κ1) is 18.6. The van der Waals surface area contributed by atoms with Crippen LogP contribution in [0.5, 0.6) is 0 Å². The zero-order valence-electron chi connectivity index (χ0n) is 14.8. The summed E-state index contributed by atoms with van der Waals surface area (Å²) in [7, 11) is 0. The molecular formula is C19H24N2O4S. The number of thiophene rings is 1. The van der Waals surface area contributed by atoms with Gasteiger partial charge in [0.15, 0.2) is 0 Å². The molecule has 0 spiro atoms. The highest BCUT2D eigenvalue weighted by Gasteiger charge is 2.35. The Hall–Kier alpha value is -2.15. The van der Waals surface area contributed by atoms with Crippen molar-refractivity contribution in [3.63, 3.8) is 0 Å². The van der Waals surface area contributed by atoms with Gasteiger partial charge in [-0.1, -0.05) is 25.5 Å². The number of primary amides is 1. The number of carbonyl (C=O) groups excluding carboxylic acids is 2. The van der Waals surface area contributed by atoms with Crippen LogP contribution < -0.4 is 11.1 Å². The van der Waals surface area contributed by atoms with Crippen molar-refractivity contribution in [1.82, 2.24) is 0 Å². The molecule has 2 aliphatic rings. The van der Waals surface area contributed by atoms with Gasteiger partial charge in [-0.15, -0.1) is 11.3 Å². The Balaban J connectivity index is 1.86. The topological polar surface area (TPSA) is 109 Å². The minimum absolute atomic E-state index is 0.342. The quantitative estimate of drug-likeness (QED) is 0.686. The maximum atomic E-state index is 12.7. The molecule has 7 heteroatoms. The maximum absolute atomic E-state index is 12.7. The average molecular weight is 376 g/mol. The van der Waals surface area contributed by atoms with Crippen molar-refractivity contribution < 1.29 is 19.5 Å². The molecule has 3 rings (SSSR count). The fourth-order valence-electron chi connectivity index (χ4n) is 3.93. The second-order valence-corrected chi connectivity index (χ2v) is 8.18. The zero-order chi connectivity index (χ0) is 18.8. The van der Waals surface area contributed by atoms with Crippen molar-refractivity contribution in [1.29, 1.82) is 0 Å². The molecule has 0 bridgehead atoms. The maximum Gasteiger partial charge on any atom is 0.307 e. The molecule has 3 atom stereocenters. The largest absolute Gasteiger partial charge is 0.481 e. The second kappa shape index (κ2) is 7.61. The first-order chi connectivity index (χ1) is 12.4. The van der Waals surface area contributed by atoms with E-state index >= 15 is 0 Å². The summed E-state index contributed by atoms with van der Waals surface area (Å²) in [5.74, 6) is -2.65. The third-order valence-corrected chi connectivity index (χ3v) is 6.68. The second-order valence-electron chi connectivity index (χ2n) is 7.07. The molecule has 0 unspecified atom stereocenters. The fraction of sp³-hybridized carbons (Fsp3) is 0.526. The van der Waals surface area contributed by atoms with Crippen LogP contribution in [0.3, 0.4) is 0 Å². The fourth-order valence-corrected chi connectivity index (χ4v) is 5.30. The molecular weight excluding hydrogens is 352 g/mol. The third-order valence-electron chi connectivity index (χ3n) is 5.51. The van der Waals surface area contributed by atoms with Crippen LogP contribution in [0.15, 0.2) is 12.2 Å². The summed E-state index contributed by atoms with van der Waals surface area (Å²) in [4.78, 5) is 37.3. The Morgan fingerprint density at radius 1 is 1.27 bits per heavy atom. The molecule has 2 amide bonds. The van der Waals surface area contributed by atoms with Crippen molar-refractivity contribution in [2.24, 2.45) is 23.5 Å². The number of carboxylic acid groups (broad SMARTS) is 1. The van der Waals surface area contributed by atoms with E-state index in [-0.39, 0.29) is 5.91 Å². The molecule has 0 radical (unpaired) electrons. The zero-order valence-corrected chi connectivity index (χ0v) is 15.6. The number of aliphatic carboxylic acids is 1. The molecule has 0 aromatic carbocycles. The van der Waals surface area contributed by atoms with E-state index in [1.54, 1.807) is 6.08 Å². The Bertz CT molecular complexity index is 768. The van der Waals surface area contributed by atoms with Crippen molar-refractivity contribution >= 4 is 34.1 Å². The number of hydrogen-bond donors (Lipinski definition) is 3. The van der Waals surface area contributed by atoms with Crippen LogP contribution in [0.4, 0.5) is 5.00 Å². The molecule has 1 aromatic heterocycles. The third kappa shape index (κ3) is 3.53. The monoisotopic (exact) mass is 376 g/mol. The molecule has 1 aromatic rings. The van der Waals surface area contributed by atoms with Crippen molar-refractivity contribution in [2.45, 2.75) is 45.4 Å². The van der Waals surface area contributed by atoms with Gasteiger partial charge in [0, 0.05) is 4.88 Å². The van der Waals surface area contributed by atoms with Crippen LogP contribution in [0, 0.1) is 17.8 Å². The summed E-state index contributed by atoms with van der Waals surface area (Å²) in [5.41, 5.74) is 6.96. The van der Waals surface area contributed by atoms with E-state index in [9.17, 15) is 19.5 Å². The first-order valence-electron chi connectivity index (χ1n) is 9.05. The van der Waals surface area contributed by atoms with Gasteiger partial charge in [0.25, 0.3) is 5.91 Å². The van der Waals surface area contributed by atoms with Crippen LogP contribution in [0.1, 0.15) is 53.4 Å². The highest BCUT2D eigenvalue weighted by molar-refractivity contribution is 7.17. The van der Waals surface area contributed by atoms with Gasteiger partial charge in [-0.25, -0.2) is 0 Å². The summed E-state index contributed by atoms with van der Waals surface area (Å²) < 4.78 is 0. The number of allylic oxidation sites excluding steroid dienone is 2. The van der Waals surface area contributed by atoms with Gasteiger partial charge in [0.2, 0.25) is 5.91 Å². The van der Waals surface area contributed by atoms with E-state index in [0.29, 0.717) is 29.3 Å². The average Bonchev–Trinajstić information content (AvgIpc) is 2.98. The molecule has 1 heterocycles. The van der Waals surface area contributed by atoms with E-state index in [2.05, 4.69) is 12.2 Å². The van der Waals surface area contributed by atoms with Crippen molar-refractivity contribution in [3.8, 4) is 0 Å². The van der Waals surface area contributed by atoms with Crippen LogP contribution in [-0.4, -0.2) is 22.9 Å². The number of nitrogens with two attached hydrogens (primary N) is 1. The summed E-state index contributed by atoms with van der Waals surface area (Å²) in [5, 5.41) is 12.7. The Labute approximate surface area is 156 Å². The van der Waals surface area contributed by atoms with E-state index < -0.39 is 23.7 Å². The normalized spacial score (nSPS) is 24.7. The van der Waals surface area contributed by atoms with Crippen LogP contribution in [0.2, 0.25) is 0 Å². The van der Waals surface area contributed by atoms with E-state index in [0.717, 1.165) is 36.1 Å². The highest BCUT2D eigenvalue weighted by Crippen LogP contribution is 2.40. The summed E-state index contributed by atoms with van der Waals surface area (Å²) >= 11 is 1.41. The Morgan fingerprint density at radius 2 is 1.96 bits per heavy atom. The van der Waals surface area contributed by atoms with Gasteiger partial charge in [0.05, 0.1) is 17.4 Å². The molecule has 2 aliphatic carbocycles. The SMILES string of the molecule is CC[C@@H]1CCc2c(sc(NC(=O)[C@H]3CC=CC[C@H]3C(=O)O)c2C(N)=O)C1. The molecule has 0 aliphatic heterocycles. The smallest absolute Gasteiger partial charge is 0.307 e. The number of rotatable bonds is 5. The van der Waals surface area contributed by atoms with Crippen molar-refractivity contribution in [3.05, 3.63) is 28.2 Å². The Kier molecular flexibility index (Phi) is 5.46. The molecule has 140 valence electrons. The van der Waals surface area contributed by atoms with Gasteiger partial charge in [0.1, 0.15) is 5.00 Å². The van der Waals surface area contributed by atoms with Gasteiger partial charge >= 0.3 is 5.97 Å². The number of fused-ring (bicyclic) bond motifs is 1. The number of anilines is 1. The molecule has 26 heavy (non-hydrogen) atoms. The van der Waals surface area contributed by atoms with Gasteiger partial charge in [-0.3, -0.25) is 14.4 Å². The van der Waals surface area contributed by atoms with Gasteiger partial charge < -0.3 is 16.2 Å². The van der Waals surface area contributed by atoms with E-state index in [1.165, 1.54) is 11.3 Å². The summed E-state index contributed by atoms with van der Waals surface area (Å²) in [6.07, 6.45) is 8.16. The lowest BCUT2D eigenvalue weighted by Gasteiger charge is -2.24. The Morgan fingerprint density at radius 3 is 2.58 bits per heavy atom.